The summed E-state index contributed by atoms with van der Waals surface area (Å²) in [7, 11) is 0. The Morgan fingerprint density at radius 1 is 1.12 bits per heavy atom. The number of carbonyl (C=O) groups is 1. The number of imidazole rings is 1. The van der Waals surface area contributed by atoms with Gasteiger partial charge in [0.05, 0.1) is 0 Å². The van der Waals surface area contributed by atoms with Gasteiger partial charge in [0.1, 0.15) is 17.2 Å². The lowest BCUT2D eigenvalue weighted by molar-refractivity contribution is 0.0133. The highest BCUT2D eigenvalue weighted by atomic mass is 19.1. The Hall–Kier alpha value is -3.22. The number of amides is 1. The van der Waals surface area contributed by atoms with Gasteiger partial charge in [0.25, 0.3) is 0 Å². The second-order valence-corrected chi connectivity index (χ2v) is 9.52. The molecule has 7 heteroatoms. The van der Waals surface area contributed by atoms with Crippen LogP contribution in [0.5, 0.6) is 0 Å². The minimum Gasteiger partial charge on any atom is -0.444 e. The molecular formula is C25H29FN4O2. The first-order valence-corrected chi connectivity index (χ1v) is 10.8. The fraction of sp³-hybridized carbons (Fsp3) is 0.400. The van der Waals surface area contributed by atoms with Crippen LogP contribution in [0.1, 0.15) is 51.4 Å². The number of aromatic nitrogens is 3. The van der Waals surface area contributed by atoms with Gasteiger partial charge in [0.2, 0.25) is 0 Å². The molecule has 1 aliphatic rings. The molecule has 1 amide bonds. The van der Waals surface area contributed by atoms with E-state index in [1.807, 2.05) is 39.1 Å². The van der Waals surface area contributed by atoms with E-state index in [4.69, 9.17) is 9.72 Å². The first-order valence-electron chi connectivity index (χ1n) is 10.8. The Labute approximate surface area is 188 Å². The number of nitrogens with zero attached hydrogens (tertiary/aromatic N) is 4. The number of carbonyl (C=O) groups excluding carboxylic acids is 1. The lowest BCUT2D eigenvalue weighted by atomic mass is 9.68. The first kappa shape index (κ1) is 22.0. The summed E-state index contributed by atoms with van der Waals surface area (Å²) in [4.78, 5) is 23.5. The number of piperidine rings is 1. The number of halogens is 1. The van der Waals surface area contributed by atoms with Crippen LogP contribution in [0.15, 0.2) is 61.2 Å². The SMILES string of the molecule is CC(C)(C)OC(=O)N1CCC(C)(c2nccn2-c2ccncc2)C(c2ccc(F)cc2)C1. The van der Waals surface area contributed by atoms with E-state index in [2.05, 4.69) is 16.5 Å². The van der Waals surface area contributed by atoms with Crippen LogP contribution in [-0.2, 0) is 10.2 Å². The quantitative estimate of drug-likeness (QED) is 0.574. The lowest BCUT2D eigenvalue weighted by Crippen LogP contribution is -2.51. The molecule has 0 radical (unpaired) electrons. The van der Waals surface area contributed by atoms with Crippen molar-refractivity contribution in [2.45, 2.75) is 51.0 Å². The fourth-order valence-electron chi connectivity index (χ4n) is 4.42. The Morgan fingerprint density at radius 2 is 1.81 bits per heavy atom. The van der Waals surface area contributed by atoms with Crippen LogP contribution in [0.25, 0.3) is 5.69 Å². The van der Waals surface area contributed by atoms with Crippen molar-refractivity contribution in [2.24, 2.45) is 0 Å². The number of ether oxygens (including phenoxy) is 1. The molecule has 1 fully saturated rings. The van der Waals surface area contributed by atoms with E-state index >= 15 is 0 Å². The zero-order valence-corrected chi connectivity index (χ0v) is 19.0. The van der Waals surface area contributed by atoms with E-state index in [1.54, 1.807) is 35.6 Å². The molecule has 1 aromatic carbocycles. The minimum atomic E-state index is -0.569. The van der Waals surface area contributed by atoms with Crippen molar-refractivity contribution in [3.8, 4) is 5.69 Å². The van der Waals surface area contributed by atoms with E-state index in [0.29, 0.717) is 19.5 Å². The van der Waals surface area contributed by atoms with Gasteiger partial charge in [-0.1, -0.05) is 19.1 Å². The maximum Gasteiger partial charge on any atom is 0.410 e. The minimum absolute atomic E-state index is 0.0904. The molecule has 1 aliphatic heterocycles. The van der Waals surface area contributed by atoms with Gasteiger partial charge < -0.3 is 14.2 Å². The Kier molecular flexibility index (Phi) is 5.75. The normalized spacial score (nSPS) is 21.4. The number of hydrogen-bond donors (Lipinski definition) is 0. The molecule has 2 aromatic heterocycles. The van der Waals surface area contributed by atoms with E-state index in [1.165, 1.54) is 12.1 Å². The van der Waals surface area contributed by atoms with Crippen LogP contribution < -0.4 is 0 Å². The second kappa shape index (κ2) is 8.37. The number of rotatable bonds is 3. The van der Waals surface area contributed by atoms with Gasteiger partial charge in [-0.05, 0) is 57.0 Å². The molecule has 32 heavy (non-hydrogen) atoms. The zero-order valence-electron chi connectivity index (χ0n) is 19.0. The highest BCUT2D eigenvalue weighted by Crippen LogP contribution is 2.45. The predicted molar refractivity (Wildman–Crippen MR) is 120 cm³/mol. The van der Waals surface area contributed by atoms with Crippen molar-refractivity contribution in [3.05, 3.63) is 78.4 Å². The summed E-state index contributed by atoms with van der Waals surface area (Å²) in [5.41, 5.74) is 0.983. The largest absolute Gasteiger partial charge is 0.444 e. The molecule has 3 heterocycles. The van der Waals surface area contributed by atoms with Gasteiger partial charge in [-0.25, -0.2) is 14.2 Å². The standard InChI is InChI=1S/C25H29FN4O2/c1-24(2,3)32-23(31)29-15-11-25(4,21(17-29)18-5-7-19(26)8-6-18)22-28-14-16-30(22)20-9-12-27-13-10-20/h5-10,12-14,16,21H,11,15,17H2,1-4H3. The number of hydrogen-bond acceptors (Lipinski definition) is 4. The smallest absolute Gasteiger partial charge is 0.410 e. The first-order chi connectivity index (χ1) is 15.2. The van der Waals surface area contributed by atoms with Crippen LogP contribution >= 0.6 is 0 Å². The second-order valence-electron chi connectivity index (χ2n) is 9.52. The van der Waals surface area contributed by atoms with Gasteiger partial charge in [-0.3, -0.25) is 4.98 Å². The summed E-state index contributed by atoms with van der Waals surface area (Å²) in [5, 5.41) is 0. The molecule has 6 nitrogen and oxygen atoms in total. The Morgan fingerprint density at radius 3 is 2.47 bits per heavy atom. The van der Waals surface area contributed by atoms with Crippen LogP contribution in [0, 0.1) is 5.82 Å². The summed E-state index contributed by atoms with van der Waals surface area (Å²) < 4.78 is 21.4. The molecule has 1 saturated heterocycles. The molecule has 0 aliphatic carbocycles. The number of pyridine rings is 1. The molecule has 0 spiro atoms. The maximum absolute atomic E-state index is 13.7. The maximum atomic E-state index is 13.7. The summed E-state index contributed by atoms with van der Waals surface area (Å²) >= 11 is 0. The average molecular weight is 437 g/mol. The van der Waals surface area contributed by atoms with E-state index < -0.39 is 5.60 Å². The summed E-state index contributed by atoms with van der Waals surface area (Å²) in [6.07, 6.45) is 7.61. The predicted octanol–water partition coefficient (Wildman–Crippen LogP) is 5.09. The molecule has 0 N–H and O–H groups in total. The van der Waals surface area contributed by atoms with Crippen molar-refractivity contribution < 1.29 is 13.9 Å². The van der Waals surface area contributed by atoms with Gasteiger partial charge in [-0.15, -0.1) is 0 Å². The summed E-state index contributed by atoms with van der Waals surface area (Å²) in [6.45, 7) is 8.77. The third kappa shape index (κ3) is 4.38. The van der Waals surface area contributed by atoms with E-state index in [9.17, 15) is 9.18 Å². The molecule has 2 atom stereocenters. The lowest BCUT2D eigenvalue weighted by Gasteiger charge is -2.45. The monoisotopic (exact) mass is 436 g/mol. The van der Waals surface area contributed by atoms with E-state index in [0.717, 1.165) is 17.1 Å². The average Bonchev–Trinajstić information content (AvgIpc) is 3.25. The van der Waals surface area contributed by atoms with Crippen molar-refractivity contribution >= 4 is 6.09 Å². The van der Waals surface area contributed by atoms with Crippen molar-refractivity contribution in [1.29, 1.82) is 0 Å². The topological polar surface area (TPSA) is 60.2 Å². The highest BCUT2D eigenvalue weighted by Gasteiger charge is 2.46. The molecule has 0 bridgehead atoms. The van der Waals surface area contributed by atoms with Gasteiger partial charge in [0, 0.05) is 54.9 Å². The Bertz CT molecular complexity index is 1080. The Balaban J connectivity index is 1.74. The molecule has 168 valence electrons. The van der Waals surface area contributed by atoms with Crippen LogP contribution in [0.3, 0.4) is 0 Å². The molecule has 2 unspecified atom stereocenters. The van der Waals surface area contributed by atoms with E-state index in [-0.39, 0.29) is 23.2 Å². The molecule has 4 rings (SSSR count). The molecule has 3 aromatic rings. The molecule has 0 saturated carbocycles. The number of likely N-dealkylation sites (tertiary alicyclic amines) is 1. The van der Waals surface area contributed by atoms with Gasteiger partial charge >= 0.3 is 6.09 Å². The van der Waals surface area contributed by atoms with Crippen molar-refractivity contribution in [3.63, 3.8) is 0 Å². The van der Waals surface area contributed by atoms with Crippen molar-refractivity contribution in [2.75, 3.05) is 13.1 Å². The van der Waals surface area contributed by atoms with Crippen LogP contribution in [0.2, 0.25) is 0 Å². The highest BCUT2D eigenvalue weighted by molar-refractivity contribution is 5.68. The van der Waals surface area contributed by atoms with Gasteiger partial charge in [-0.2, -0.15) is 0 Å². The zero-order chi connectivity index (χ0) is 22.9. The van der Waals surface area contributed by atoms with Crippen LogP contribution in [-0.4, -0.2) is 44.2 Å². The van der Waals surface area contributed by atoms with Crippen molar-refractivity contribution in [1.82, 2.24) is 19.4 Å². The number of benzene rings is 1. The summed E-state index contributed by atoms with van der Waals surface area (Å²) in [5.74, 6) is 0.530. The fourth-order valence-corrected chi connectivity index (χ4v) is 4.42. The van der Waals surface area contributed by atoms with Crippen LogP contribution in [0.4, 0.5) is 9.18 Å². The third-order valence-corrected chi connectivity index (χ3v) is 6.09. The summed E-state index contributed by atoms with van der Waals surface area (Å²) in [6, 6.07) is 10.4. The third-order valence-electron chi connectivity index (χ3n) is 6.09. The molecular weight excluding hydrogens is 407 g/mol. The van der Waals surface area contributed by atoms with Gasteiger partial charge in [0.15, 0.2) is 0 Å².